The van der Waals surface area contributed by atoms with E-state index >= 15 is 0 Å². The Bertz CT molecular complexity index is 778. The van der Waals surface area contributed by atoms with Gasteiger partial charge in [0.25, 0.3) is 0 Å². The second-order valence-corrected chi connectivity index (χ2v) is 6.26. The minimum atomic E-state index is -0.591. The average molecular weight is 304 g/mol. The maximum atomic E-state index is 13.2. The highest BCUT2D eigenvalue weighted by Gasteiger charge is 2.15. The molecule has 3 nitrogen and oxygen atoms in total. The van der Waals surface area contributed by atoms with Gasteiger partial charge >= 0.3 is 0 Å². The molecule has 0 saturated carbocycles. The molecule has 0 aliphatic carbocycles. The summed E-state index contributed by atoms with van der Waals surface area (Å²) in [5, 5.41) is 15.8. The maximum absolute atomic E-state index is 13.2. The highest BCUT2D eigenvalue weighted by molar-refractivity contribution is 7.19. The molecule has 0 saturated heterocycles. The number of hydrogen-bond acceptors (Lipinski definition) is 3. The first-order chi connectivity index (χ1) is 10.1. The van der Waals surface area contributed by atoms with Gasteiger partial charge in [-0.15, -0.1) is 11.3 Å². The molecule has 0 radical (unpaired) electrons. The maximum Gasteiger partial charge on any atom is 0.124 e. The van der Waals surface area contributed by atoms with E-state index in [9.17, 15) is 9.50 Å². The third-order valence-corrected chi connectivity index (χ3v) is 4.72. The van der Waals surface area contributed by atoms with Crippen LogP contribution in [-0.2, 0) is 13.0 Å². The average Bonchev–Trinajstić information content (AvgIpc) is 3.01. The molecule has 1 atom stereocenters. The van der Waals surface area contributed by atoms with Gasteiger partial charge in [-0.3, -0.25) is 4.68 Å². The van der Waals surface area contributed by atoms with Crippen molar-refractivity contribution in [2.45, 2.75) is 32.9 Å². The Morgan fingerprint density at radius 1 is 1.33 bits per heavy atom. The lowest BCUT2D eigenvalue weighted by molar-refractivity contribution is 0.179. The van der Waals surface area contributed by atoms with Gasteiger partial charge in [-0.1, -0.05) is 6.07 Å². The van der Waals surface area contributed by atoms with Gasteiger partial charge < -0.3 is 5.11 Å². The number of aliphatic hydroxyl groups is 1. The van der Waals surface area contributed by atoms with E-state index in [1.165, 1.54) is 23.5 Å². The van der Waals surface area contributed by atoms with Crippen LogP contribution in [0.2, 0.25) is 0 Å². The Morgan fingerprint density at radius 3 is 2.90 bits per heavy atom. The first kappa shape index (κ1) is 14.2. The van der Waals surface area contributed by atoms with Gasteiger partial charge in [0.15, 0.2) is 0 Å². The molecule has 2 aromatic heterocycles. The van der Waals surface area contributed by atoms with E-state index in [1.54, 1.807) is 6.07 Å². The molecular formula is C16H17FN2OS. The van der Waals surface area contributed by atoms with E-state index < -0.39 is 6.10 Å². The lowest BCUT2D eigenvalue weighted by Crippen LogP contribution is -2.07. The molecule has 5 heteroatoms. The summed E-state index contributed by atoms with van der Waals surface area (Å²) >= 11 is 1.44. The molecule has 0 aliphatic heterocycles. The van der Waals surface area contributed by atoms with Crippen LogP contribution in [0.25, 0.3) is 10.1 Å². The van der Waals surface area contributed by atoms with Crippen molar-refractivity contribution in [3.05, 3.63) is 52.4 Å². The first-order valence-corrected chi connectivity index (χ1v) is 7.79. The highest BCUT2D eigenvalue weighted by Crippen LogP contribution is 2.32. The van der Waals surface area contributed by atoms with E-state index in [4.69, 9.17) is 0 Å². The monoisotopic (exact) mass is 304 g/mol. The molecule has 1 aromatic carbocycles. The molecule has 3 aromatic rings. The van der Waals surface area contributed by atoms with Crippen molar-refractivity contribution >= 4 is 21.4 Å². The number of rotatable bonds is 4. The predicted octanol–water partition coefficient (Wildman–Crippen LogP) is 3.84. The fraction of sp³-hybridized carbons (Fsp3) is 0.312. The van der Waals surface area contributed by atoms with Crippen molar-refractivity contribution in [1.82, 2.24) is 9.78 Å². The fourth-order valence-electron chi connectivity index (χ4n) is 2.53. The Balaban J connectivity index is 1.87. The van der Waals surface area contributed by atoms with Crippen molar-refractivity contribution in [3.63, 3.8) is 0 Å². The van der Waals surface area contributed by atoms with Crippen molar-refractivity contribution in [2.75, 3.05) is 0 Å². The number of nitrogens with zero attached hydrogens (tertiary/aromatic N) is 2. The van der Waals surface area contributed by atoms with E-state index in [0.29, 0.717) is 6.42 Å². The lowest BCUT2D eigenvalue weighted by atomic mass is 10.1. The Labute approximate surface area is 126 Å². The van der Waals surface area contributed by atoms with Crippen LogP contribution in [-0.4, -0.2) is 14.9 Å². The second-order valence-electron chi connectivity index (χ2n) is 5.14. The van der Waals surface area contributed by atoms with Crippen LogP contribution < -0.4 is 0 Å². The zero-order chi connectivity index (χ0) is 15.0. The van der Waals surface area contributed by atoms with Crippen molar-refractivity contribution in [3.8, 4) is 0 Å². The minimum absolute atomic E-state index is 0.245. The van der Waals surface area contributed by atoms with Crippen LogP contribution in [0.3, 0.4) is 0 Å². The van der Waals surface area contributed by atoms with E-state index in [0.717, 1.165) is 32.9 Å². The lowest BCUT2D eigenvalue weighted by Gasteiger charge is -2.09. The Morgan fingerprint density at radius 2 is 2.14 bits per heavy atom. The van der Waals surface area contributed by atoms with Gasteiger partial charge in [-0.2, -0.15) is 5.10 Å². The highest BCUT2D eigenvalue weighted by atomic mass is 32.1. The van der Waals surface area contributed by atoms with Crippen LogP contribution in [0.5, 0.6) is 0 Å². The first-order valence-electron chi connectivity index (χ1n) is 6.97. The summed E-state index contributed by atoms with van der Waals surface area (Å²) < 4.78 is 16.0. The SMILES string of the molecule is CCn1nc(C)cc1CC(O)c1cc2ccc(F)cc2s1. The van der Waals surface area contributed by atoms with Gasteiger partial charge in [0.05, 0.1) is 11.8 Å². The third-order valence-electron chi connectivity index (χ3n) is 3.52. The normalized spacial score (nSPS) is 13.0. The zero-order valence-electron chi connectivity index (χ0n) is 12.0. The molecule has 1 unspecified atom stereocenters. The largest absolute Gasteiger partial charge is 0.387 e. The Kier molecular flexibility index (Phi) is 3.78. The van der Waals surface area contributed by atoms with Crippen LogP contribution in [0.1, 0.15) is 29.3 Å². The summed E-state index contributed by atoms with van der Waals surface area (Å²) in [5.74, 6) is -0.245. The standard InChI is InChI=1S/C16H17FN2OS/c1-3-19-13(6-10(2)18-19)9-14(20)16-7-11-4-5-12(17)8-15(11)21-16/h4-8,14,20H,3,9H2,1-2H3. The summed E-state index contributed by atoms with van der Waals surface area (Å²) in [5.41, 5.74) is 1.98. The minimum Gasteiger partial charge on any atom is -0.387 e. The van der Waals surface area contributed by atoms with Crippen LogP contribution in [0, 0.1) is 12.7 Å². The van der Waals surface area contributed by atoms with Crippen LogP contribution >= 0.6 is 11.3 Å². The van der Waals surface area contributed by atoms with Crippen molar-refractivity contribution in [1.29, 1.82) is 0 Å². The Hall–Kier alpha value is -1.72. The molecule has 110 valence electrons. The molecule has 0 spiro atoms. The number of fused-ring (bicyclic) bond motifs is 1. The molecule has 21 heavy (non-hydrogen) atoms. The van der Waals surface area contributed by atoms with E-state index in [1.807, 2.05) is 30.7 Å². The number of thiophene rings is 1. The van der Waals surface area contributed by atoms with Crippen molar-refractivity contribution in [2.24, 2.45) is 0 Å². The molecule has 0 fully saturated rings. The predicted molar refractivity (Wildman–Crippen MR) is 83.1 cm³/mol. The molecule has 0 bridgehead atoms. The van der Waals surface area contributed by atoms with Gasteiger partial charge in [0.2, 0.25) is 0 Å². The number of benzene rings is 1. The van der Waals surface area contributed by atoms with Gasteiger partial charge in [-0.25, -0.2) is 4.39 Å². The smallest absolute Gasteiger partial charge is 0.124 e. The van der Waals surface area contributed by atoms with Gasteiger partial charge in [-0.05, 0) is 43.5 Å². The molecule has 1 N–H and O–H groups in total. The number of halogens is 1. The van der Waals surface area contributed by atoms with Crippen molar-refractivity contribution < 1.29 is 9.50 Å². The molecule has 3 rings (SSSR count). The number of aryl methyl sites for hydroxylation is 2. The van der Waals surface area contributed by atoms with E-state index in [2.05, 4.69) is 5.10 Å². The quantitative estimate of drug-likeness (QED) is 0.795. The molecule has 2 heterocycles. The summed E-state index contributed by atoms with van der Waals surface area (Å²) in [7, 11) is 0. The van der Waals surface area contributed by atoms with Crippen LogP contribution in [0.4, 0.5) is 4.39 Å². The number of aliphatic hydroxyl groups excluding tert-OH is 1. The van der Waals surface area contributed by atoms with E-state index in [-0.39, 0.29) is 5.82 Å². The van der Waals surface area contributed by atoms with Gasteiger partial charge in [0, 0.05) is 28.2 Å². The second kappa shape index (κ2) is 5.58. The summed E-state index contributed by atoms with van der Waals surface area (Å²) in [6.45, 7) is 4.77. The third kappa shape index (κ3) is 2.84. The summed E-state index contributed by atoms with van der Waals surface area (Å²) in [4.78, 5) is 0.858. The molecular weight excluding hydrogens is 287 g/mol. The van der Waals surface area contributed by atoms with Crippen LogP contribution in [0.15, 0.2) is 30.3 Å². The molecule has 0 aliphatic rings. The molecule has 0 amide bonds. The topological polar surface area (TPSA) is 38.0 Å². The number of aromatic nitrogens is 2. The zero-order valence-corrected chi connectivity index (χ0v) is 12.8. The summed E-state index contributed by atoms with van der Waals surface area (Å²) in [6, 6.07) is 8.64. The summed E-state index contributed by atoms with van der Waals surface area (Å²) in [6.07, 6.45) is -0.0730. The van der Waals surface area contributed by atoms with Gasteiger partial charge in [0.1, 0.15) is 5.82 Å². The number of hydrogen-bond donors (Lipinski definition) is 1. The fourth-order valence-corrected chi connectivity index (χ4v) is 3.60.